The molecule has 0 saturated carbocycles. The zero-order valence-electron chi connectivity index (χ0n) is 7.47. The molecule has 2 heteroatoms. The van der Waals surface area contributed by atoms with Gasteiger partial charge in [0.05, 0.1) is 0 Å². The average molecular weight is 167 g/mol. The molecule has 0 fully saturated rings. The SMILES string of the molecule is CCN[C@@H](C)c1ccc(F)cc1. The van der Waals surface area contributed by atoms with Crippen molar-refractivity contribution >= 4 is 0 Å². The van der Waals surface area contributed by atoms with Crippen LogP contribution < -0.4 is 5.32 Å². The van der Waals surface area contributed by atoms with E-state index in [2.05, 4.69) is 19.2 Å². The molecular weight excluding hydrogens is 153 g/mol. The fraction of sp³-hybridized carbons (Fsp3) is 0.400. The summed E-state index contributed by atoms with van der Waals surface area (Å²) in [7, 11) is 0. The van der Waals surface area contributed by atoms with Crippen molar-refractivity contribution in [2.75, 3.05) is 6.54 Å². The van der Waals surface area contributed by atoms with Crippen LogP contribution in [0.3, 0.4) is 0 Å². The number of halogens is 1. The van der Waals surface area contributed by atoms with Crippen LogP contribution in [0, 0.1) is 5.82 Å². The molecule has 1 nitrogen and oxygen atoms in total. The van der Waals surface area contributed by atoms with Gasteiger partial charge >= 0.3 is 0 Å². The molecule has 0 amide bonds. The Morgan fingerprint density at radius 1 is 1.33 bits per heavy atom. The molecule has 0 bridgehead atoms. The molecule has 1 aromatic rings. The Bertz CT molecular complexity index is 230. The second kappa shape index (κ2) is 4.21. The number of nitrogens with one attached hydrogen (secondary N) is 1. The highest BCUT2D eigenvalue weighted by atomic mass is 19.1. The third kappa shape index (κ3) is 2.31. The lowest BCUT2D eigenvalue weighted by Crippen LogP contribution is -2.17. The molecular formula is C10H14FN. The summed E-state index contributed by atoms with van der Waals surface area (Å²) in [5, 5.41) is 3.26. The molecule has 0 spiro atoms. The first-order valence-corrected chi connectivity index (χ1v) is 4.23. The highest BCUT2D eigenvalue weighted by molar-refractivity contribution is 5.19. The van der Waals surface area contributed by atoms with Gasteiger partial charge in [0.15, 0.2) is 0 Å². The predicted octanol–water partition coefficient (Wildman–Crippen LogP) is 2.50. The van der Waals surface area contributed by atoms with Crippen LogP contribution in [0.1, 0.15) is 25.5 Å². The molecule has 12 heavy (non-hydrogen) atoms. The third-order valence-corrected chi connectivity index (χ3v) is 1.88. The van der Waals surface area contributed by atoms with E-state index in [0.29, 0.717) is 6.04 Å². The zero-order valence-corrected chi connectivity index (χ0v) is 7.47. The standard InChI is InChI=1S/C10H14FN/c1-3-12-8(2)9-4-6-10(11)7-5-9/h4-8,12H,3H2,1-2H3/t8-/m0/s1. The maximum absolute atomic E-state index is 12.5. The maximum atomic E-state index is 12.5. The average Bonchev–Trinajstić information content (AvgIpc) is 2.06. The highest BCUT2D eigenvalue weighted by Gasteiger charge is 2.01. The Morgan fingerprint density at radius 3 is 2.42 bits per heavy atom. The first-order chi connectivity index (χ1) is 5.74. The minimum atomic E-state index is -0.178. The van der Waals surface area contributed by atoms with E-state index in [1.54, 1.807) is 0 Å². The van der Waals surface area contributed by atoms with Gasteiger partial charge in [-0.15, -0.1) is 0 Å². The minimum Gasteiger partial charge on any atom is -0.310 e. The van der Waals surface area contributed by atoms with Gasteiger partial charge in [-0.1, -0.05) is 19.1 Å². The van der Waals surface area contributed by atoms with E-state index < -0.39 is 0 Å². The van der Waals surface area contributed by atoms with Gasteiger partial charge in [0.2, 0.25) is 0 Å². The zero-order chi connectivity index (χ0) is 8.97. The van der Waals surface area contributed by atoms with Crippen molar-refractivity contribution in [1.82, 2.24) is 5.32 Å². The van der Waals surface area contributed by atoms with Gasteiger partial charge in [0, 0.05) is 6.04 Å². The number of hydrogen-bond acceptors (Lipinski definition) is 1. The molecule has 0 saturated heterocycles. The van der Waals surface area contributed by atoms with Crippen molar-refractivity contribution < 1.29 is 4.39 Å². The van der Waals surface area contributed by atoms with Crippen molar-refractivity contribution in [2.45, 2.75) is 19.9 Å². The molecule has 0 heterocycles. The molecule has 1 rings (SSSR count). The van der Waals surface area contributed by atoms with Crippen LogP contribution in [0.4, 0.5) is 4.39 Å². The molecule has 1 N–H and O–H groups in total. The Labute approximate surface area is 72.6 Å². The van der Waals surface area contributed by atoms with Crippen LogP contribution in [-0.2, 0) is 0 Å². The Morgan fingerprint density at radius 2 is 1.92 bits per heavy atom. The third-order valence-electron chi connectivity index (χ3n) is 1.88. The lowest BCUT2D eigenvalue weighted by molar-refractivity contribution is 0.592. The molecule has 1 atom stereocenters. The van der Waals surface area contributed by atoms with E-state index in [0.717, 1.165) is 12.1 Å². The van der Waals surface area contributed by atoms with E-state index in [4.69, 9.17) is 0 Å². The summed E-state index contributed by atoms with van der Waals surface area (Å²) in [6.45, 7) is 5.05. The van der Waals surface area contributed by atoms with Gasteiger partial charge < -0.3 is 5.32 Å². The quantitative estimate of drug-likeness (QED) is 0.729. The Kier molecular flexibility index (Phi) is 3.23. The number of rotatable bonds is 3. The molecule has 0 aliphatic carbocycles. The van der Waals surface area contributed by atoms with Crippen LogP contribution in [0.5, 0.6) is 0 Å². The van der Waals surface area contributed by atoms with Gasteiger partial charge in [-0.2, -0.15) is 0 Å². The van der Waals surface area contributed by atoms with Gasteiger partial charge in [-0.3, -0.25) is 0 Å². The lowest BCUT2D eigenvalue weighted by atomic mass is 10.1. The van der Waals surface area contributed by atoms with Crippen molar-refractivity contribution in [2.24, 2.45) is 0 Å². The maximum Gasteiger partial charge on any atom is 0.123 e. The molecule has 1 aromatic carbocycles. The van der Waals surface area contributed by atoms with Crippen LogP contribution in [0.2, 0.25) is 0 Å². The largest absolute Gasteiger partial charge is 0.310 e. The first-order valence-electron chi connectivity index (χ1n) is 4.23. The van der Waals surface area contributed by atoms with Crippen LogP contribution in [0.15, 0.2) is 24.3 Å². The summed E-state index contributed by atoms with van der Waals surface area (Å²) in [5.74, 6) is -0.178. The topological polar surface area (TPSA) is 12.0 Å². The highest BCUT2D eigenvalue weighted by Crippen LogP contribution is 2.11. The van der Waals surface area contributed by atoms with E-state index in [9.17, 15) is 4.39 Å². The Hall–Kier alpha value is -0.890. The molecule has 0 radical (unpaired) electrons. The summed E-state index contributed by atoms with van der Waals surface area (Å²) in [4.78, 5) is 0. The monoisotopic (exact) mass is 167 g/mol. The van der Waals surface area contributed by atoms with E-state index >= 15 is 0 Å². The summed E-state index contributed by atoms with van der Waals surface area (Å²) >= 11 is 0. The summed E-state index contributed by atoms with van der Waals surface area (Å²) in [6.07, 6.45) is 0. The lowest BCUT2D eigenvalue weighted by Gasteiger charge is -2.11. The fourth-order valence-electron chi connectivity index (χ4n) is 1.18. The molecule has 0 unspecified atom stereocenters. The minimum absolute atomic E-state index is 0.178. The smallest absolute Gasteiger partial charge is 0.123 e. The van der Waals surface area contributed by atoms with Crippen LogP contribution in [-0.4, -0.2) is 6.54 Å². The summed E-state index contributed by atoms with van der Waals surface area (Å²) in [6, 6.07) is 6.90. The van der Waals surface area contributed by atoms with Crippen molar-refractivity contribution in [3.63, 3.8) is 0 Å². The van der Waals surface area contributed by atoms with E-state index in [1.165, 1.54) is 12.1 Å². The van der Waals surface area contributed by atoms with Gasteiger partial charge in [0.1, 0.15) is 5.82 Å². The molecule has 0 aliphatic heterocycles. The molecule has 0 aliphatic rings. The van der Waals surface area contributed by atoms with Crippen molar-refractivity contribution in [3.05, 3.63) is 35.6 Å². The number of hydrogen-bond donors (Lipinski definition) is 1. The number of benzene rings is 1. The van der Waals surface area contributed by atoms with Gasteiger partial charge in [-0.05, 0) is 31.2 Å². The summed E-state index contributed by atoms with van der Waals surface area (Å²) in [5.41, 5.74) is 1.12. The van der Waals surface area contributed by atoms with E-state index in [-0.39, 0.29) is 5.82 Å². The van der Waals surface area contributed by atoms with Crippen LogP contribution >= 0.6 is 0 Å². The van der Waals surface area contributed by atoms with Gasteiger partial charge in [-0.25, -0.2) is 4.39 Å². The molecule has 66 valence electrons. The van der Waals surface area contributed by atoms with Crippen LogP contribution in [0.25, 0.3) is 0 Å². The molecule has 0 aromatic heterocycles. The predicted molar refractivity (Wildman–Crippen MR) is 48.5 cm³/mol. The normalized spacial score (nSPS) is 12.9. The Balaban J connectivity index is 2.68. The second-order valence-corrected chi connectivity index (χ2v) is 2.83. The second-order valence-electron chi connectivity index (χ2n) is 2.83. The first kappa shape index (κ1) is 9.20. The fourth-order valence-corrected chi connectivity index (χ4v) is 1.18. The van der Waals surface area contributed by atoms with Gasteiger partial charge in [0.25, 0.3) is 0 Å². The van der Waals surface area contributed by atoms with Crippen molar-refractivity contribution in [3.8, 4) is 0 Å². The van der Waals surface area contributed by atoms with Crippen molar-refractivity contribution in [1.29, 1.82) is 0 Å². The summed E-state index contributed by atoms with van der Waals surface area (Å²) < 4.78 is 12.5. The van der Waals surface area contributed by atoms with E-state index in [1.807, 2.05) is 12.1 Å².